The minimum atomic E-state index is -3.44. The molecule has 120 valence electrons. The molecule has 1 saturated heterocycles. The molecule has 1 atom stereocenters. The molecule has 1 aliphatic rings. The van der Waals surface area contributed by atoms with Crippen LogP contribution in [0.2, 0.25) is 0 Å². The van der Waals surface area contributed by atoms with Gasteiger partial charge in [-0.3, -0.25) is 0 Å². The number of nitrogens with zero attached hydrogens (tertiary/aromatic N) is 1. The van der Waals surface area contributed by atoms with Crippen LogP contribution in [0.15, 0.2) is 17.2 Å². The van der Waals surface area contributed by atoms with Gasteiger partial charge in [-0.05, 0) is 31.9 Å². The van der Waals surface area contributed by atoms with Gasteiger partial charge in [0.1, 0.15) is 0 Å². The molecule has 7 heteroatoms. The topological polar surface area (TPSA) is 72.4 Å². The number of rotatable bonds is 8. The summed E-state index contributed by atoms with van der Waals surface area (Å²) in [5, 5.41) is 3.23. The highest BCUT2D eigenvalue weighted by molar-refractivity contribution is 7.89. The Labute approximate surface area is 126 Å². The van der Waals surface area contributed by atoms with Crippen LogP contribution in [0, 0.1) is 5.92 Å². The Hall–Kier alpha value is -0.890. The summed E-state index contributed by atoms with van der Waals surface area (Å²) in [7, 11) is -3.44. The maximum atomic E-state index is 12.4. The molecule has 21 heavy (non-hydrogen) atoms. The SMILES string of the molecule is CCNCc1cc(S(=O)(=O)NCC2CCOC2)cn1CC. The molecule has 0 bridgehead atoms. The largest absolute Gasteiger partial charge is 0.381 e. The Morgan fingerprint density at radius 2 is 2.24 bits per heavy atom. The molecule has 1 aromatic heterocycles. The minimum Gasteiger partial charge on any atom is -0.381 e. The van der Waals surface area contributed by atoms with Gasteiger partial charge in [0.15, 0.2) is 0 Å². The Bertz CT molecular complexity index is 548. The Morgan fingerprint density at radius 3 is 2.86 bits per heavy atom. The van der Waals surface area contributed by atoms with Gasteiger partial charge in [0, 0.05) is 38.1 Å². The number of hydrogen-bond acceptors (Lipinski definition) is 4. The third-order valence-electron chi connectivity index (χ3n) is 3.75. The van der Waals surface area contributed by atoms with E-state index in [9.17, 15) is 8.42 Å². The summed E-state index contributed by atoms with van der Waals surface area (Å²) in [5.41, 5.74) is 0.990. The maximum Gasteiger partial charge on any atom is 0.242 e. The lowest BCUT2D eigenvalue weighted by atomic mass is 10.1. The smallest absolute Gasteiger partial charge is 0.242 e. The Kier molecular flexibility index (Phi) is 5.80. The van der Waals surface area contributed by atoms with Crippen molar-refractivity contribution in [2.24, 2.45) is 5.92 Å². The van der Waals surface area contributed by atoms with Crippen LogP contribution in [0.3, 0.4) is 0 Å². The van der Waals surface area contributed by atoms with E-state index in [1.54, 1.807) is 12.3 Å². The van der Waals surface area contributed by atoms with Gasteiger partial charge in [0.05, 0.1) is 11.5 Å². The van der Waals surface area contributed by atoms with Crippen molar-refractivity contribution in [3.8, 4) is 0 Å². The first-order valence-electron chi connectivity index (χ1n) is 7.54. The van der Waals surface area contributed by atoms with Crippen molar-refractivity contribution in [3.05, 3.63) is 18.0 Å². The zero-order chi connectivity index (χ0) is 15.3. The number of aryl methyl sites for hydroxylation is 1. The van der Waals surface area contributed by atoms with Crippen LogP contribution in [0.4, 0.5) is 0 Å². The number of sulfonamides is 1. The Balaban J connectivity index is 2.05. The van der Waals surface area contributed by atoms with E-state index in [0.29, 0.717) is 24.6 Å². The molecular weight excluding hydrogens is 290 g/mol. The van der Waals surface area contributed by atoms with Crippen LogP contribution < -0.4 is 10.0 Å². The number of aromatic nitrogens is 1. The lowest BCUT2D eigenvalue weighted by Crippen LogP contribution is -2.29. The van der Waals surface area contributed by atoms with E-state index in [4.69, 9.17) is 4.74 Å². The van der Waals surface area contributed by atoms with E-state index < -0.39 is 10.0 Å². The zero-order valence-corrected chi connectivity index (χ0v) is 13.6. The van der Waals surface area contributed by atoms with Gasteiger partial charge in [-0.25, -0.2) is 13.1 Å². The van der Waals surface area contributed by atoms with Crippen molar-refractivity contribution in [1.82, 2.24) is 14.6 Å². The van der Waals surface area contributed by atoms with Crippen molar-refractivity contribution >= 4 is 10.0 Å². The molecule has 1 aliphatic heterocycles. The van der Waals surface area contributed by atoms with Crippen molar-refractivity contribution < 1.29 is 13.2 Å². The van der Waals surface area contributed by atoms with Crippen LogP contribution in [-0.2, 0) is 27.8 Å². The fraction of sp³-hybridized carbons (Fsp3) is 0.714. The maximum absolute atomic E-state index is 12.4. The minimum absolute atomic E-state index is 0.286. The molecule has 0 spiro atoms. The second-order valence-electron chi connectivity index (χ2n) is 5.32. The van der Waals surface area contributed by atoms with Gasteiger partial charge in [-0.2, -0.15) is 0 Å². The summed E-state index contributed by atoms with van der Waals surface area (Å²) in [6.07, 6.45) is 2.63. The van der Waals surface area contributed by atoms with Gasteiger partial charge in [0.25, 0.3) is 0 Å². The highest BCUT2D eigenvalue weighted by atomic mass is 32.2. The predicted octanol–water partition coefficient (Wildman–Crippen LogP) is 0.932. The van der Waals surface area contributed by atoms with E-state index in [1.165, 1.54) is 0 Å². The second-order valence-corrected chi connectivity index (χ2v) is 7.08. The molecule has 2 rings (SSSR count). The van der Waals surface area contributed by atoms with Gasteiger partial charge >= 0.3 is 0 Å². The molecule has 0 saturated carbocycles. The molecule has 0 radical (unpaired) electrons. The number of nitrogens with one attached hydrogen (secondary N) is 2. The first-order valence-corrected chi connectivity index (χ1v) is 9.02. The van der Waals surface area contributed by atoms with Crippen molar-refractivity contribution in [3.63, 3.8) is 0 Å². The summed E-state index contributed by atoms with van der Waals surface area (Å²) in [6, 6.07) is 1.75. The van der Waals surface area contributed by atoms with E-state index in [-0.39, 0.29) is 5.92 Å². The van der Waals surface area contributed by atoms with Gasteiger partial charge in [-0.1, -0.05) is 6.92 Å². The van der Waals surface area contributed by atoms with E-state index in [1.807, 2.05) is 18.4 Å². The first-order chi connectivity index (χ1) is 10.1. The number of hydrogen-bond donors (Lipinski definition) is 2. The summed E-state index contributed by atoms with van der Waals surface area (Å²) < 4.78 is 34.6. The average Bonchev–Trinajstić information content (AvgIpc) is 3.12. The molecule has 1 unspecified atom stereocenters. The average molecular weight is 315 g/mol. The lowest BCUT2D eigenvalue weighted by Gasteiger charge is -2.09. The Morgan fingerprint density at radius 1 is 1.43 bits per heavy atom. The van der Waals surface area contributed by atoms with Crippen LogP contribution in [0.1, 0.15) is 26.0 Å². The van der Waals surface area contributed by atoms with Gasteiger partial charge in [0.2, 0.25) is 10.0 Å². The zero-order valence-electron chi connectivity index (χ0n) is 12.8. The fourth-order valence-corrected chi connectivity index (χ4v) is 3.60. The first kappa shape index (κ1) is 16.5. The van der Waals surface area contributed by atoms with Crippen molar-refractivity contribution in [2.75, 3.05) is 26.3 Å². The van der Waals surface area contributed by atoms with Crippen LogP contribution in [0.5, 0.6) is 0 Å². The summed E-state index contributed by atoms with van der Waals surface area (Å²) in [4.78, 5) is 0.344. The molecule has 0 aliphatic carbocycles. The molecule has 2 heterocycles. The van der Waals surface area contributed by atoms with Crippen LogP contribution in [0.25, 0.3) is 0 Å². The van der Waals surface area contributed by atoms with Crippen LogP contribution >= 0.6 is 0 Å². The highest BCUT2D eigenvalue weighted by Gasteiger charge is 2.22. The van der Waals surface area contributed by atoms with Crippen LogP contribution in [-0.4, -0.2) is 39.3 Å². The quantitative estimate of drug-likeness (QED) is 0.749. The molecule has 2 N–H and O–H groups in total. The van der Waals surface area contributed by atoms with E-state index >= 15 is 0 Å². The second kappa shape index (κ2) is 7.40. The van der Waals surface area contributed by atoms with Gasteiger partial charge < -0.3 is 14.6 Å². The fourth-order valence-electron chi connectivity index (χ4n) is 2.42. The van der Waals surface area contributed by atoms with Crippen molar-refractivity contribution in [1.29, 1.82) is 0 Å². The molecule has 6 nitrogen and oxygen atoms in total. The standard InChI is InChI=1S/C14H25N3O3S/c1-3-15-9-13-7-14(10-17(13)4-2)21(18,19)16-8-12-5-6-20-11-12/h7,10,12,15-16H,3-6,8-9,11H2,1-2H3. The van der Waals surface area contributed by atoms with Crippen molar-refractivity contribution in [2.45, 2.75) is 38.3 Å². The summed E-state index contributed by atoms with van der Waals surface area (Å²) in [6.45, 7) is 8.15. The molecule has 1 aromatic rings. The highest BCUT2D eigenvalue weighted by Crippen LogP contribution is 2.16. The number of ether oxygens (including phenoxy) is 1. The lowest BCUT2D eigenvalue weighted by molar-refractivity contribution is 0.186. The van der Waals surface area contributed by atoms with E-state index in [2.05, 4.69) is 10.0 Å². The summed E-state index contributed by atoms with van der Waals surface area (Å²) in [5.74, 6) is 0.286. The van der Waals surface area contributed by atoms with Gasteiger partial charge in [-0.15, -0.1) is 0 Å². The monoisotopic (exact) mass is 315 g/mol. The third-order valence-corrected chi connectivity index (χ3v) is 5.14. The third kappa shape index (κ3) is 4.29. The molecule has 0 amide bonds. The summed E-state index contributed by atoms with van der Waals surface area (Å²) >= 11 is 0. The molecule has 1 fully saturated rings. The predicted molar refractivity (Wildman–Crippen MR) is 81.6 cm³/mol. The van der Waals surface area contributed by atoms with E-state index in [0.717, 1.165) is 31.8 Å². The molecule has 0 aromatic carbocycles. The normalized spacial score (nSPS) is 19.2. The molecular formula is C14H25N3O3S.